The Balaban J connectivity index is 2.29. The minimum atomic E-state index is -3.83. The van der Waals surface area contributed by atoms with Gasteiger partial charge in [-0.2, -0.15) is 0 Å². The number of carbonyl (C=O) groups excluding carboxylic acids is 1. The highest BCUT2D eigenvalue weighted by Crippen LogP contribution is 2.29. The molecule has 0 aromatic heterocycles. The summed E-state index contributed by atoms with van der Waals surface area (Å²) in [4.78, 5) is 12.8. The highest BCUT2D eigenvalue weighted by Gasteiger charge is 2.20. The van der Waals surface area contributed by atoms with Crippen LogP contribution in [0.2, 0.25) is 0 Å². The summed E-state index contributed by atoms with van der Waals surface area (Å²) in [6, 6.07) is 9.71. The summed E-state index contributed by atoms with van der Waals surface area (Å²) in [5.74, 6) is -0.795. The van der Waals surface area contributed by atoms with Gasteiger partial charge in [0.05, 0.1) is 10.6 Å². The Morgan fingerprint density at radius 1 is 1.07 bits per heavy atom. The SMILES string of the molecule is CSc1ccc(S(=O)(=O)NC(C)c2ccc(F)cc2)cc1NC(=O)C(C)C. The van der Waals surface area contributed by atoms with Crippen molar-refractivity contribution in [3.8, 4) is 0 Å². The second kappa shape index (κ2) is 8.86. The number of anilines is 1. The van der Waals surface area contributed by atoms with E-state index in [1.54, 1.807) is 26.8 Å². The summed E-state index contributed by atoms with van der Waals surface area (Å²) in [5, 5.41) is 2.77. The Labute approximate surface area is 163 Å². The highest BCUT2D eigenvalue weighted by atomic mass is 32.2. The molecule has 2 aromatic carbocycles. The molecular formula is C19H23FN2O3S2. The number of halogens is 1. The fourth-order valence-electron chi connectivity index (χ4n) is 2.35. The van der Waals surface area contributed by atoms with Crippen molar-refractivity contribution in [2.24, 2.45) is 5.92 Å². The molecule has 0 spiro atoms. The van der Waals surface area contributed by atoms with Gasteiger partial charge in [-0.05, 0) is 49.1 Å². The standard InChI is InChI=1S/C19H23FN2O3S2/c1-12(2)19(23)21-17-11-16(9-10-18(17)26-4)27(24,25)22-13(3)14-5-7-15(20)8-6-14/h5-13,22H,1-4H3,(H,21,23). The van der Waals surface area contributed by atoms with Gasteiger partial charge in [-0.15, -0.1) is 11.8 Å². The van der Waals surface area contributed by atoms with Crippen molar-refractivity contribution in [2.45, 2.75) is 36.6 Å². The zero-order chi connectivity index (χ0) is 20.2. The molecule has 0 radical (unpaired) electrons. The molecule has 0 saturated carbocycles. The number of sulfonamides is 1. The van der Waals surface area contributed by atoms with Crippen LogP contribution in [0.25, 0.3) is 0 Å². The van der Waals surface area contributed by atoms with Crippen molar-refractivity contribution in [1.82, 2.24) is 4.72 Å². The van der Waals surface area contributed by atoms with Crippen LogP contribution in [0.4, 0.5) is 10.1 Å². The zero-order valence-electron chi connectivity index (χ0n) is 15.6. The number of benzene rings is 2. The molecular weight excluding hydrogens is 387 g/mol. The van der Waals surface area contributed by atoms with E-state index in [0.717, 1.165) is 4.90 Å². The Bertz CT molecular complexity index is 913. The number of thioether (sulfide) groups is 1. The van der Waals surface area contributed by atoms with Crippen LogP contribution in [0.15, 0.2) is 52.3 Å². The van der Waals surface area contributed by atoms with Crippen LogP contribution in [0.5, 0.6) is 0 Å². The highest BCUT2D eigenvalue weighted by molar-refractivity contribution is 7.98. The van der Waals surface area contributed by atoms with E-state index in [9.17, 15) is 17.6 Å². The van der Waals surface area contributed by atoms with Gasteiger partial charge in [-0.25, -0.2) is 17.5 Å². The van der Waals surface area contributed by atoms with Gasteiger partial charge >= 0.3 is 0 Å². The summed E-state index contributed by atoms with van der Waals surface area (Å²) < 4.78 is 41.1. The molecule has 0 heterocycles. The molecule has 1 amide bonds. The molecule has 27 heavy (non-hydrogen) atoms. The molecule has 1 unspecified atom stereocenters. The molecule has 0 aliphatic carbocycles. The van der Waals surface area contributed by atoms with Crippen LogP contribution in [0, 0.1) is 11.7 Å². The van der Waals surface area contributed by atoms with E-state index >= 15 is 0 Å². The number of nitrogens with one attached hydrogen (secondary N) is 2. The number of hydrogen-bond acceptors (Lipinski definition) is 4. The van der Waals surface area contributed by atoms with Crippen LogP contribution in [0.1, 0.15) is 32.4 Å². The van der Waals surface area contributed by atoms with E-state index < -0.39 is 16.1 Å². The quantitative estimate of drug-likeness (QED) is 0.672. The van der Waals surface area contributed by atoms with Gasteiger partial charge in [-0.1, -0.05) is 26.0 Å². The first kappa shape index (κ1) is 21.4. The lowest BCUT2D eigenvalue weighted by atomic mass is 10.1. The lowest BCUT2D eigenvalue weighted by Gasteiger charge is -2.17. The van der Waals surface area contributed by atoms with E-state index in [1.165, 1.54) is 48.2 Å². The lowest BCUT2D eigenvalue weighted by Crippen LogP contribution is -2.27. The van der Waals surface area contributed by atoms with Crippen LogP contribution < -0.4 is 10.0 Å². The Morgan fingerprint density at radius 2 is 1.70 bits per heavy atom. The first-order chi connectivity index (χ1) is 12.6. The van der Waals surface area contributed by atoms with E-state index in [-0.39, 0.29) is 22.5 Å². The Kier molecular flexibility index (Phi) is 7.02. The van der Waals surface area contributed by atoms with Crippen molar-refractivity contribution < 1.29 is 17.6 Å². The van der Waals surface area contributed by atoms with E-state index in [1.807, 2.05) is 6.26 Å². The molecule has 2 rings (SSSR count). The molecule has 5 nitrogen and oxygen atoms in total. The summed E-state index contributed by atoms with van der Waals surface area (Å²) in [6.45, 7) is 5.21. The van der Waals surface area contributed by atoms with Crippen LogP contribution in [-0.2, 0) is 14.8 Å². The van der Waals surface area contributed by atoms with E-state index in [4.69, 9.17) is 0 Å². The summed E-state index contributed by atoms with van der Waals surface area (Å²) >= 11 is 1.42. The van der Waals surface area contributed by atoms with Gasteiger partial charge in [0.25, 0.3) is 0 Å². The molecule has 2 N–H and O–H groups in total. The van der Waals surface area contributed by atoms with Crippen molar-refractivity contribution in [2.75, 3.05) is 11.6 Å². The molecule has 0 aliphatic rings. The van der Waals surface area contributed by atoms with Gasteiger partial charge in [-0.3, -0.25) is 4.79 Å². The molecule has 8 heteroatoms. The minimum absolute atomic E-state index is 0.0494. The Hall–Kier alpha value is -1.90. The predicted octanol–water partition coefficient (Wildman–Crippen LogP) is 4.18. The normalized spacial score (nSPS) is 12.8. The van der Waals surface area contributed by atoms with Gasteiger partial charge in [0.1, 0.15) is 5.82 Å². The zero-order valence-corrected chi connectivity index (χ0v) is 17.2. The summed E-state index contributed by atoms with van der Waals surface area (Å²) in [5.41, 5.74) is 1.10. The largest absolute Gasteiger partial charge is 0.325 e. The topological polar surface area (TPSA) is 75.3 Å². The molecule has 0 bridgehead atoms. The van der Waals surface area contributed by atoms with Gasteiger partial charge in [0.2, 0.25) is 15.9 Å². The smallest absolute Gasteiger partial charge is 0.241 e. The fraction of sp³-hybridized carbons (Fsp3) is 0.316. The first-order valence-electron chi connectivity index (χ1n) is 8.40. The second-order valence-electron chi connectivity index (χ2n) is 6.40. The van der Waals surface area contributed by atoms with Crippen LogP contribution >= 0.6 is 11.8 Å². The van der Waals surface area contributed by atoms with Crippen LogP contribution in [0.3, 0.4) is 0 Å². The first-order valence-corrected chi connectivity index (χ1v) is 11.1. The van der Waals surface area contributed by atoms with Crippen molar-refractivity contribution in [3.63, 3.8) is 0 Å². The van der Waals surface area contributed by atoms with E-state index in [2.05, 4.69) is 10.0 Å². The Morgan fingerprint density at radius 3 is 2.26 bits per heavy atom. The summed E-state index contributed by atoms with van der Waals surface area (Å²) in [6.07, 6.45) is 1.85. The maximum atomic E-state index is 13.1. The monoisotopic (exact) mass is 410 g/mol. The fourth-order valence-corrected chi connectivity index (χ4v) is 4.14. The average molecular weight is 411 g/mol. The third-order valence-electron chi connectivity index (χ3n) is 3.97. The molecule has 2 aromatic rings. The second-order valence-corrected chi connectivity index (χ2v) is 8.96. The molecule has 0 saturated heterocycles. The van der Waals surface area contributed by atoms with Gasteiger partial charge in [0.15, 0.2) is 0 Å². The number of hydrogen-bond donors (Lipinski definition) is 2. The third kappa shape index (κ3) is 5.54. The van der Waals surface area contributed by atoms with Gasteiger partial charge < -0.3 is 5.32 Å². The molecule has 146 valence electrons. The lowest BCUT2D eigenvalue weighted by molar-refractivity contribution is -0.118. The number of rotatable bonds is 7. The molecule has 0 aliphatic heterocycles. The van der Waals surface area contributed by atoms with Crippen LogP contribution in [-0.4, -0.2) is 20.6 Å². The number of amides is 1. The maximum Gasteiger partial charge on any atom is 0.241 e. The van der Waals surface area contributed by atoms with E-state index in [0.29, 0.717) is 11.3 Å². The molecule has 1 atom stereocenters. The van der Waals surface area contributed by atoms with Crippen molar-refractivity contribution >= 4 is 33.4 Å². The number of carbonyl (C=O) groups is 1. The summed E-state index contributed by atoms with van der Waals surface area (Å²) in [7, 11) is -3.83. The maximum absolute atomic E-state index is 13.1. The van der Waals surface area contributed by atoms with Crippen molar-refractivity contribution in [1.29, 1.82) is 0 Å². The van der Waals surface area contributed by atoms with Gasteiger partial charge in [0, 0.05) is 16.9 Å². The average Bonchev–Trinajstić information content (AvgIpc) is 2.61. The van der Waals surface area contributed by atoms with Crippen molar-refractivity contribution in [3.05, 3.63) is 53.8 Å². The predicted molar refractivity (Wildman–Crippen MR) is 107 cm³/mol. The minimum Gasteiger partial charge on any atom is -0.325 e. The third-order valence-corrected chi connectivity index (χ3v) is 6.30. The molecule has 0 fully saturated rings.